The van der Waals surface area contributed by atoms with Crippen LogP contribution in [0.1, 0.15) is 18.1 Å². The molecule has 5 nitrogen and oxygen atoms in total. The highest BCUT2D eigenvalue weighted by atomic mass is 35.5. The Labute approximate surface area is 111 Å². The zero-order valence-electron chi connectivity index (χ0n) is 10.2. The third-order valence-electron chi connectivity index (χ3n) is 2.58. The van der Waals surface area contributed by atoms with Gasteiger partial charge in [0.05, 0.1) is 18.7 Å². The van der Waals surface area contributed by atoms with Gasteiger partial charge in [0, 0.05) is 13.6 Å². The highest BCUT2D eigenvalue weighted by Gasteiger charge is 2.19. The van der Waals surface area contributed by atoms with Crippen molar-refractivity contribution in [2.45, 2.75) is 13.3 Å². The van der Waals surface area contributed by atoms with Crippen LogP contribution in [0.5, 0.6) is 0 Å². The maximum Gasteiger partial charge on any atom is 0.232 e. The third kappa shape index (κ3) is 2.53. The van der Waals surface area contributed by atoms with Crippen molar-refractivity contribution in [2.75, 3.05) is 25.1 Å². The Kier molecular flexibility index (Phi) is 4.91. The molecule has 0 aromatic carbocycles. The first-order valence-electron chi connectivity index (χ1n) is 5.42. The molecule has 0 saturated heterocycles. The summed E-state index contributed by atoms with van der Waals surface area (Å²) in [5.74, 6) is 0.403. The van der Waals surface area contributed by atoms with E-state index in [9.17, 15) is 0 Å². The Morgan fingerprint density at radius 3 is 2.72 bits per heavy atom. The molecule has 0 radical (unpaired) electrons. The van der Waals surface area contributed by atoms with Gasteiger partial charge >= 0.3 is 0 Å². The lowest BCUT2D eigenvalue weighted by Gasteiger charge is -2.20. The summed E-state index contributed by atoms with van der Waals surface area (Å²) >= 11 is 5.96. The van der Waals surface area contributed by atoms with E-state index < -0.39 is 0 Å². The summed E-state index contributed by atoms with van der Waals surface area (Å²) in [5.41, 5.74) is 1.19. The molecule has 1 heterocycles. The molecule has 0 aliphatic heterocycles. The lowest BCUT2D eigenvalue weighted by atomic mass is 10.1. The van der Waals surface area contributed by atoms with Gasteiger partial charge in [-0.15, -0.1) is 0 Å². The molecule has 0 saturated carbocycles. The molecule has 0 spiro atoms. The van der Waals surface area contributed by atoms with Gasteiger partial charge in [0.2, 0.25) is 5.69 Å². The highest BCUT2D eigenvalue weighted by Crippen LogP contribution is 2.35. The monoisotopic (exact) mass is 264 g/mol. The number of anilines is 1. The number of rotatable bonds is 4. The predicted molar refractivity (Wildman–Crippen MR) is 70.0 cm³/mol. The molecule has 1 aromatic heterocycles. The largest absolute Gasteiger partial charge is 0.395 e. The van der Waals surface area contributed by atoms with Gasteiger partial charge in [-0.2, -0.15) is 5.26 Å². The molecule has 1 N–H and O–H groups in total. The van der Waals surface area contributed by atoms with Gasteiger partial charge in [-0.25, -0.2) is 9.83 Å². The number of aliphatic hydroxyl groups excluding tert-OH is 1. The van der Waals surface area contributed by atoms with E-state index in [0.29, 0.717) is 30.0 Å². The highest BCUT2D eigenvalue weighted by molar-refractivity contribution is 6.31. The molecule has 18 heavy (non-hydrogen) atoms. The first kappa shape index (κ1) is 14.2. The second-order valence-electron chi connectivity index (χ2n) is 3.65. The molecule has 0 atom stereocenters. The van der Waals surface area contributed by atoms with E-state index in [0.717, 1.165) is 0 Å². The maximum absolute atomic E-state index is 9.05. The smallest absolute Gasteiger partial charge is 0.232 e. The number of hydrogen-bond acceptors (Lipinski definition) is 4. The van der Waals surface area contributed by atoms with E-state index >= 15 is 0 Å². The second-order valence-corrected chi connectivity index (χ2v) is 4.01. The summed E-state index contributed by atoms with van der Waals surface area (Å²) in [7, 11) is 1.72. The fourth-order valence-corrected chi connectivity index (χ4v) is 1.91. The van der Waals surface area contributed by atoms with Crippen molar-refractivity contribution in [1.82, 2.24) is 4.98 Å². The summed E-state index contributed by atoms with van der Waals surface area (Å²) in [6, 6.07) is 1.98. The average molecular weight is 265 g/mol. The van der Waals surface area contributed by atoms with Crippen LogP contribution in [-0.4, -0.2) is 30.3 Å². The van der Waals surface area contributed by atoms with Gasteiger partial charge in [-0.05, 0) is 12.0 Å². The van der Waals surface area contributed by atoms with Crippen molar-refractivity contribution in [3.05, 3.63) is 27.7 Å². The quantitative estimate of drug-likeness (QED) is 0.668. The van der Waals surface area contributed by atoms with E-state index in [1.807, 2.05) is 13.0 Å². The van der Waals surface area contributed by atoms with Gasteiger partial charge in [0.15, 0.2) is 0 Å². The minimum Gasteiger partial charge on any atom is -0.395 e. The SMILES string of the molecule is [C-]#[N+]c1c(N(C)CCO)nc(Cl)c(C#N)c1CC. The number of aromatic nitrogens is 1. The molecule has 0 unspecified atom stereocenters. The number of aliphatic hydroxyl groups is 1. The molecule has 0 aliphatic rings. The lowest BCUT2D eigenvalue weighted by molar-refractivity contribution is 0.304. The Bertz CT molecular complexity index is 530. The number of likely N-dealkylation sites (N-methyl/N-ethyl adjacent to an activating group) is 1. The second kappa shape index (κ2) is 6.20. The molecule has 0 amide bonds. The normalized spacial score (nSPS) is 9.67. The Morgan fingerprint density at radius 1 is 1.61 bits per heavy atom. The average Bonchev–Trinajstić information content (AvgIpc) is 2.37. The third-order valence-corrected chi connectivity index (χ3v) is 2.86. The zero-order valence-corrected chi connectivity index (χ0v) is 11.0. The van der Waals surface area contributed by atoms with Crippen LogP contribution in [0.3, 0.4) is 0 Å². The lowest BCUT2D eigenvalue weighted by Crippen LogP contribution is -2.22. The van der Waals surface area contributed by atoms with Gasteiger partial charge < -0.3 is 10.0 Å². The molecule has 0 aliphatic carbocycles. The Hall–Kier alpha value is -1.82. The van der Waals surface area contributed by atoms with E-state index in [-0.39, 0.29) is 17.3 Å². The van der Waals surface area contributed by atoms with Gasteiger partial charge in [-0.3, -0.25) is 0 Å². The predicted octanol–water partition coefficient (Wildman–Crippen LogP) is 2.15. The van der Waals surface area contributed by atoms with E-state index in [4.69, 9.17) is 28.5 Å². The standard InChI is InChI=1S/C12H13ClN4O/c1-4-8-9(7-14)11(13)16-12(10(8)15-2)17(3)5-6-18/h18H,4-6H2,1,3H3. The summed E-state index contributed by atoms with van der Waals surface area (Å²) in [6.45, 7) is 9.40. The topological polar surface area (TPSA) is 64.5 Å². The first-order chi connectivity index (χ1) is 8.60. The van der Waals surface area contributed by atoms with Crippen LogP contribution in [0.25, 0.3) is 4.85 Å². The van der Waals surface area contributed by atoms with Crippen LogP contribution in [0.2, 0.25) is 5.15 Å². The minimum atomic E-state index is -0.0469. The summed E-state index contributed by atoms with van der Waals surface area (Å²) in [6.07, 6.45) is 0.531. The van der Waals surface area contributed by atoms with Gasteiger partial charge in [0.25, 0.3) is 0 Å². The van der Waals surface area contributed by atoms with Crippen LogP contribution < -0.4 is 4.90 Å². The Morgan fingerprint density at radius 2 is 2.28 bits per heavy atom. The van der Waals surface area contributed by atoms with Crippen LogP contribution >= 0.6 is 11.6 Å². The number of halogens is 1. The van der Waals surface area contributed by atoms with E-state index in [1.54, 1.807) is 11.9 Å². The van der Waals surface area contributed by atoms with Crippen molar-refractivity contribution < 1.29 is 5.11 Å². The van der Waals surface area contributed by atoms with Crippen molar-refractivity contribution >= 4 is 23.1 Å². The van der Waals surface area contributed by atoms with Crippen LogP contribution in [0.4, 0.5) is 11.5 Å². The van der Waals surface area contributed by atoms with Crippen LogP contribution in [0, 0.1) is 17.9 Å². The fourth-order valence-electron chi connectivity index (χ4n) is 1.68. The van der Waals surface area contributed by atoms with Gasteiger partial charge in [0.1, 0.15) is 17.0 Å². The maximum atomic E-state index is 9.05. The molecule has 0 fully saturated rings. The van der Waals surface area contributed by atoms with Crippen molar-refractivity contribution in [3.8, 4) is 6.07 Å². The first-order valence-corrected chi connectivity index (χ1v) is 5.80. The van der Waals surface area contributed by atoms with Crippen molar-refractivity contribution in [1.29, 1.82) is 5.26 Å². The summed E-state index contributed by atoms with van der Waals surface area (Å²) in [5, 5.41) is 18.1. The summed E-state index contributed by atoms with van der Waals surface area (Å²) < 4.78 is 0. The fraction of sp³-hybridized carbons (Fsp3) is 0.417. The number of nitriles is 1. The Balaban J connectivity index is 3.51. The van der Waals surface area contributed by atoms with Crippen LogP contribution in [0.15, 0.2) is 0 Å². The van der Waals surface area contributed by atoms with E-state index in [2.05, 4.69) is 9.83 Å². The van der Waals surface area contributed by atoms with E-state index in [1.165, 1.54) is 0 Å². The van der Waals surface area contributed by atoms with Crippen molar-refractivity contribution in [3.63, 3.8) is 0 Å². The molecular formula is C12H13ClN4O. The summed E-state index contributed by atoms with van der Waals surface area (Å²) in [4.78, 5) is 9.19. The number of nitrogens with zero attached hydrogens (tertiary/aromatic N) is 4. The zero-order chi connectivity index (χ0) is 13.7. The molecule has 1 aromatic rings. The molecule has 6 heteroatoms. The van der Waals surface area contributed by atoms with Gasteiger partial charge in [-0.1, -0.05) is 18.5 Å². The molecular weight excluding hydrogens is 252 g/mol. The molecule has 94 valence electrons. The van der Waals surface area contributed by atoms with Crippen LogP contribution in [-0.2, 0) is 6.42 Å². The minimum absolute atomic E-state index is 0.0469. The molecule has 0 bridgehead atoms. The molecule has 1 rings (SSSR count). The van der Waals surface area contributed by atoms with Crippen molar-refractivity contribution in [2.24, 2.45) is 0 Å². The number of hydrogen-bond donors (Lipinski definition) is 1. The number of pyridine rings is 1.